The van der Waals surface area contributed by atoms with Gasteiger partial charge in [0.15, 0.2) is 0 Å². The summed E-state index contributed by atoms with van der Waals surface area (Å²) >= 11 is 12.7. The smallest absolute Gasteiger partial charge is 0.139 e. The minimum absolute atomic E-state index is 0.384. The number of hydrogen-bond acceptors (Lipinski definition) is 7. The van der Waals surface area contributed by atoms with Gasteiger partial charge in [-0.2, -0.15) is 5.26 Å². The third kappa shape index (κ3) is 8.75. The van der Waals surface area contributed by atoms with E-state index in [4.69, 9.17) is 37.4 Å². The number of anilines is 2. The largest absolute Gasteiger partial charge is 0.496 e. The van der Waals surface area contributed by atoms with Gasteiger partial charge in [-0.25, -0.2) is 0 Å². The number of benzene rings is 2. The molecule has 1 aliphatic rings. The van der Waals surface area contributed by atoms with Gasteiger partial charge in [-0.05, 0) is 44.0 Å². The second kappa shape index (κ2) is 16.6. The van der Waals surface area contributed by atoms with Crippen LogP contribution in [0, 0.1) is 11.3 Å². The Morgan fingerprint density at radius 1 is 0.952 bits per heavy atom. The highest BCUT2D eigenvalue weighted by Gasteiger charge is 2.16. The van der Waals surface area contributed by atoms with E-state index < -0.39 is 0 Å². The lowest BCUT2D eigenvalue weighted by molar-refractivity contribution is 0.0371. The summed E-state index contributed by atoms with van der Waals surface area (Å²) in [5.74, 6) is 1.18. The van der Waals surface area contributed by atoms with E-state index in [0.717, 1.165) is 49.2 Å². The molecule has 0 saturated carbocycles. The van der Waals surface area contributed by atoms with Crippen molar-refractivity contribution < 1.29 is 14.2 Å². The van der Waals surface area contributed by atoms with E-state index in [1.54, 1.807) is 25.4 Å². The molecule has 0 bridgehead atoms. The highest BCUT2D eigenvalue weighted by atomic mass is 35.5. The number of allylic oxidation sites excluding steroid dienone is 1. The average Bonchev–Trinajstić information content (AvgIpc) is 3.01. The summed E-state index contributed by atoms with van der Waals surface area (Å²) in [6, 6.07) is 9.43. The average molecular weight is 612 g/mol. The summed E-state index contributed by atoms with van der Waals surface area (Å²) in [5, 5.41) is 14.7. The van der Waals surface area contributed by atoms with Gasteiger partial charge in [0.05, 0.1) is 59.9 Å². The Hall–Kier alpha value is -3.02. The van der Waals surface area contributed by atoms with E-state index in [0.29, 0.717) is 38.5 Å². The van der Waals surface area contributed by atoms with Crippen molar-refractivity contribution in [3.8, 4) is 17.6 Å². The Bertz CT molecular complexity index is 1400. The molecule has 1 fully saturated rings. The molecule has 0 aliphatic carbocycles. The Balaban J connectivity index is 1.32. The van der Waals surface area contributed by atoms with Crippen molar-refractivity contribution in [3.63, 3.8) is 0 Å². The number of unbranched alkanes of at least 4 members (excludes halogenated alkanes) is 7. The number of nitrogens with one attached hydrogen (secondary N) is 1. The molecule has 0 spiro atoms. The zero-order valence-electron chi connectivity index (χ0n) is 24.6. The van der Waals surface area contributed by atoms with Crippen LogP contribution in [0.15, 0.2) is 36.5 Å². The molecule has 0 amide bonds. The van der Waals surface area contributed by atoms with Crippen molar-refractivity contribution in [1.82, 2.24) is 9.88 Å². The van der Waals surface area contributed by atoms with E-state index in [1.807, 2.05) is 12.1 Å². The maximum atomic E-state index is 9.80. The molecule has 224 valence electrons. The van der Waals surface area contributed by atoms with Crippen molar-refractivity contribution in [2.75, 3.05) is 52.4 Å². The number of halogens is 2. The van der Waals surface area contributed by atoms with Crippen LogP contribution >= 0.6 is 23.2 Å². The number of rotatable bonds is 15. The first-order chi connectivity index (χ1) is 20.5. The molecule has 0 radical (unpaired) electrons. The third-order valence-corrected chi connectivity index (χ3v) is 8.20. The summed E-state index contributed by atoms with van der Waals surface area (Å²) in [7, 11) is 3.19. The number of ether oxygens (including phenoxy) is 3. The molecule has 1 N–H and O–H groups in total. The Morgan fingerprint density at radius 3 is 2.38 bits per heavy atom. The fourth-order valence-corrected chi connectivity index (χ4v) is 5.70. The van der Waals surface area contributed by atoms with Crippen LogP contribution in [0.3, 0.4) is 0 Å². The lowest BCUT2D eigenvalue weighted by atomic mass is 10.0. The van der Waals surface area contributed by atoms with Crippen LogP contribution in [0.5, 0.6) is 11.5 Å². The first-order valence-electron chi connectivity index (χ1n) is 14.7. The zero-order chi connectivity index (χ0) is 29.7. The number of fused-ring (bicyclic) bond motifs is 1. The molecule has 9 heteroatoms. The Morgan fingerprint density at radius 2 is 1.67 bits per heavy atom. The Kier molecular flexibility index (Phi) is 12.6. The topological polar surface area (TPSA) is 79.6 Å². The fourth-order valence-electron chi connectivity index (χ4n) is 5.19. The van der Waals surface area contributed by atoms with Crippen molar-refractivity contribution in [3.05, 3.63) is 57.7 Å². The standard InChI is InChI=1S/C33H40Cl2N4O3/c1-40-31-19-26-29(37-23-25(22-36)33(26)38-30-21-32(41-2)28(35)20-27(30)34)18-24(31)12-10-8-6-4-3-5-7-9-11-13-39-14-16-42-17-15-39/h10,12,18-21,23H,3-9,11,13-17H2,1-2H3,(H,37,38). The first kappa shape index (κ1) is 31.9. The van der Waals surface area contributed by atoms with Gasteiger partial charge in [-0.3, -0.25) is 9.88 Å². The minimum atomic E-state index is 0.384. The quantitative estimate of drug-likeness (QED) is 0.172. The molecule has 0 atom stereocenters. The van der Waals surface area contributed by atoms with E-state index in [2.05, 4.69) is 33.4 Å². The molecule has 2 aromatic carbocycles. The summed E-state index contributed by atoms with van der Waals surface area (Å²) in [6.45, 7) is 5.16. The normalized spacial score (nSPS) is 13.9. The van der Waals surface area contributed by atoms with Gasteiger partial charge in [0.2, 0.25) is 0 Å². The summed E-state index contributed by atoms with van der Waals surface area (Å²) < 4.78 is 16.5. The fraction of sp³-hybridized carbons (Fsp3) is 0.455. The molecule has 42 heavy (non-hydrogen) atoms. The number of nitrogens with zero attached hydrogens (tertiary/aromatic N) is 3. The van der Waals surface area contributed by atoms with Crippen molar-refractivity contribution in [2.45, 2.75) is 51.4 Å². The lowest BCUT2D eigenvalue weighted by Gasteiger charge is -2.26. The maximum absolute atomic E-state index is 9.80. The summed E-state index contributed by atoms with van der Waals surface area (Å²) in [6.07, 6.45) is 15.8. The number of pyridine rings is 1. The third-order valence-electron chi connectivity index (χ3n) is 7.59. The second-order valence-corrected chi connectivity index (χ2v) is 11.3. The van der Waals surface area contributed by atoms with Gasteiger partial charge in [0, 0.05) is 36.3 Å². The molecular weight excluding hydrogens is 571 g/mol. The van der Waals surface area contributed by atoms with E-state index in [9.17, 15) is 5.26 Å². The minimum Gasteiger partial charge on any atom is -0.496 e. The summed E-state index contributed by atoms with van der Waals surface area (Å²) in [5.41, 5.74) is 3.22. The maximum Gasteiger partial charge on any atom is 0.139 e. The monoisotopic (exact) mass is 610 g/mol. The van der Waals surface area contributed by atoms with E-state index >= 15 is 0 Å². The molecule has 2 heterocycles. The second-order valence-electron chi connectivity index (χ2n) is 10.5. The molecule has 7 nitrogen and oxygen atoms in total. The molecular formula is C33H40Cl2N4O3. The van der Waals surface area contributed by atoms with Gasteiger partial charge in [0.25, 0.3) is 0 Å². The van der Waals surface area contributed by atoms with Crippen molar-refractivity contribution >= 4 is 51.6 Å². The molecule has 1 saturated heterocycles. The number of aromatic nitrogens is 1. The van der Waals surface area contributed by atoms with Gasteiger partial charge < -0.3 is 19.5 Å². The van der Waals surface area contributed by atoms with Gasteiger partial charge in [-0.1, -0.05) is 67.5 Å². The van der Waals surface area contributed by atoms with Crippen LogP contribution < -0.4 is 14.8 Å². The van der Waals surface area contributed by atoms with E-state index in [1.165, 1.54) is 58.6 Å². The molecule has 1 aromatic heterocycles. The van der Waals surface area contributed by atoms with Gasteiger partial charge >= 0.3 is 0 Å². The number of nitriles is 1. The zero-order valence-corrected chi connectivity index (χ0v) is 26.1. The summed E-state index contributed by atoms with van der Waals surface area (Å²) in [4.78, 5) is 7.07. The van der Waals surface area contributed by atoms with Gasteiger partial charge in [0.1, 0.15) is 17.6 Å². The van der Waals surface area contributed by atoms with Crippen LogP contribution in [-0.4, -0.2) is 57.0 Å². The predicted molar refractivity (Wildman–Crippen MR) is 173 cm³/mol. The van der Waals surface area contributed by atoms with Crippen LogP contribution in [0.1, 0.15) is 62.5 Å². The number of hydrogen-bond donors (Lipinski definition) is 1. The molecule has 3 aromatic rings. The number of morpholine rings is 1. The predicted octanol–water partition coefficient (Wildman–Crippen LogP) is 8.64. The number of methoxy groups -OCH3 is 2. The first-order valence-corrected chi connectivity index (χ1v) is 15.5. The van der Waals surface area contributed by atoms with Crippen molar-refractivity contribution in [1.29, 1.82) is 5.26 Å². The highest BCUT2D eigenvalue weighted by Crippen LogP contribution is 2.39. The molecule has 4 rings (SSSR count). The highest BCUT2D eigenvalue weighted by molar-refractivity contribution is 6.37. The van der Waals surface area contributed by atoms with Crippen LogP contribution in [0.2, 0.25) is 10.0 Å². The lowest BCUT2D eigenvalue weighted by Crippen LogP contribution is -2.36. The van der Waals surface area contributed by atoms with Crippen LogP contribution in [0.25, 0.3) is 17.0 Å². The van der Waals surface area contributed by atoms with Crippen LogP contribution in [-0.2, 0) is 4.74 Å². The van der Waals surface area contributed by atoms with Crippen LogP contribution in [0.4, 0.5) is 11.4 Å². The van der Waals surface area contributed by atoms with Gasteiger partial charge in [-0.15, -0.1) is 0 Å². The molecule has 1 aliphatic heterocycles. The molecule has 0 unspecified atom stereocenters. The SMILES string of the molecule is COc1cc(Nc2c(C#N)cnc3cc(C=CCCCCCCCCCN4CCOCC4)c(OC)cc23)c(Cl)cc1Cl. The van der Waals surface area contributed by atoms with Crippen molar-refractivity contribution in [2.24, 2.45) is 0 Å². The Labute approximate surface area is 259 Å². The van der Waals surface area contributed by atoms with E-state index in [-0.39, 0.29) is 0 Å².